The highest BCUT2D eigenvalue weighted by atomic mass is 16.8. The van der Waals surface area contributed by atoms with E-state index in [0.29, 0.717) is 26.4 Å². The summed E-state index contributed by atoms with van der Waals surface area (Å²) in [6, 6.07) is 0. The average molecular weight is 188 g/mol. The van der Waals surface area contributed by atoms with Crippen molar-refractivity contribution in [1.29, 1.82) is 0 Å². The van der Waals surface area contributed by atoms with Gasteiger partial charge < -0.3 is 27.9 Å². The Morgan fingerprint density at radius 1 is 0.769 bits per heavy atom. The topological polar surface area (TPSA) is 55.4 Å². The van der Waals surface area contributed by atoms with Crippen molar-refractivity contribution in [2.45, 2.75) is 0 Å². The molecule has 0 bridgehead atoms. The van der Waals surface area contributed by atoms with Crippen LogP contribution in [0, 0.1) is 0 Å². The molecule has 0 aromatic heterocycles. The monoisotopic (exact) mass is 188 g/mol. The van der Waals surface area contributed by atoms with Crippen molar-refractivity contribution < 1.29 is 27.9 Å². The van der Waals surface area contributed by atoms with Crippen LogP contribution in [-0.4, -0.2) is 47.9 Å². The van der Waals surface area contributed by atoms with Gasteiger partial charge in [-0.2, -0.15) is 0 Å². The zero-order valence-electron chi connectivity index (χ0n) is 7.14. The molecule has 6 nitrogen and oxygen atoms in total. The third-order valence-electron chi connectivity index (χ3n) is 1.59. The summed E-state index contributed by atoms with van der Waals surface area (Å²) < 4.78 is 30.1. The maximum Gasteiger partial charge on any atom is 0.641 e. The van der Waals surface area contributed by atoms with E-state index in [4.69, 9.17) is 27.9 Å². The quantitative estimate of drug-likeness (QED) is 0.418. The van der Waals surface area contributed by atoms with E-state index in [1.807, 2.05) is 0 Å². The van der Waals surface area contributed by atoms with Gasteiger partial charge in [-0.3, -0.25) is 0 Å². The molecule has 2 heterocycles. The first-order chi connectivity index (χ1) is 6.45. The van der Waals surface area contributed by atoms with Crippen LogP contribution >= 0.6 is 0 Å². The van der Waals surface area contributed by atoms with E-state index >= 15 is 0 Å². The Hall–Kier alpha value is -0.110. The maximum absolute atomic E-state index is 5.04. The fourth-order valence-corrected chi connectivity index (χ4v) is 1.02. The van der Waals surface area contributed by atoms with Gasteiger partial charge in [0.2, 0.25) is 0 Å². The molecule has 2 saturated heterocycles. The highest BCUT2D eigenvalue weighted by Gasteiger charge is 2.30. The van der Waals surface area contributed by atoms with Crippen molar-refractivity contribution in [3.05, 3.63) is 0 Å². The third-order valence-corrected chi connectivity index (χ3v) is 1.59. The molecule has 0 atom stereocenters. The van der Waals surface area contributed by atoms with Gasteiger partial charge in [-0.05, 0) is 0 Å². The SMILES string of the molecule is C1COB(OCOB2OCCO2)O1. The zero-order chi connectivity index (χ0) is 8.93. The van der Waals surface area contributed by atoms with E-state index < -0.39 is 14.6 Å². The van der Waals surface area contributed by atoms with Gasteiger partial charge >= 0.3 is 14.6 Å². The van der Waals surface area contributed by atoms with Crippen LogP contribution in [0.15, 0.2) is 0 Å². The van der Waals surface area contributed by atoms with Gasteiger partial charge in [-0.1, -0.05) is 0 Å². The molecule has 0 N–H and O–H groups in total. The first kappa shape index (κ1) is 9.45. The second kappa shape index (κ2) is 4.94. The smallest absolute Gasteiger partial charge is 0.383 e. The summed E-state index contributed by atoms with van der Waals surface area (Å²) in [5.74, 6) is 0. The van der Waals surface area contributed by atoms with Gasteiger partial charge in [-0.15, -0.1) is 0 Å². The Bertz CT molecular complexity index is 130. The standard InChI is InChI=1S/C5H10B2O6/c1-2-9-6(8-1)12-5-13-7-10-3-4-11-7/h1-5H2. The minimum atomic E-state index is -0.610. The van der Waals surface area contributed by atoms with Crippen molar-refractivity contribution in [2.24, 2.45) is 0 Å². The lowest BCUT2D eigenvalue weighted by atomic mass is 10.2. The second-order valence-electron chi connectivity index (χ2n) is 2.51. The van der Waals surface area contributed by atoms with Crippen LogP contribution in [0.1, 0.15) is 0 Å². The largest absolute Gasteiger partial charge is 0.641 e. The Kier molecular flexibility index (Phi) is 3.59. The van der Waals surface area contributed by atoms with Gasteiger partial charge in [0.05, 0.1) is 26.4 Å². The molecule has 2 rings (SSSR count). The number of hydrogen-bond donors (Lipinski definition) is 0. The van der Waals surface area contributed by atoms with E-state index in [1.54, 1.807) is 0 Å². The number of hydrogen-bond acceptors (Lipinski definition) is 6. The molecule has 2 aliphatic heterocycles. The summed E-state index contributed by atoms with van der Waals surface area (Å²) in [5.41, 5.74) is 0. The summed E-state index contributed by atoms with van der Waals surface area (Å²) in [4.78, 5) is 0. The van der Waals surface area contributed by atoms with E-state index in [2.05, 4.69) is 0 Å². The van der Waals surface area contributed by atoms with Crippen molar-refractivity contribution in [3.8, 4) is 0 Å². The molecule has 0 spiro atoms. The normalized spacial score (nSPS) is 23.1. The summed E-state index contributed by atoms with van der Waals surface area (Å²) in [5, 5.41) is 0. The Morgan fingerprint density at radius 2 is 1.15 bits per heavy atom. The van der Waals surface area contributed by atoms with E-state index in [0.717, 1.165) is 0 Å². The third kappa shape index (κ3) is 2.94. The Morgan fingerprint density at radius 3 is 1.54 bits per heavy atom. The average Bonchev–Trinajstić information content (AvgIpc) is 2.75. The van der Waals surface area contributed by atoms with Crippen LogP contribution in [0.3, 0.4) is 0 Å². The molecule has 0 aromatic rings. The van der Waals surface area contributed by atoms with E-state index in [9.17, 15) is 0 Å². The Balaban J connectivity index is 1.52. The maximum atomic E-state index is 5.04. The van der Waals surface area contributed by atoms with Gasteiger partial charge in [-0.25, -0.2) is 0 Å². The molecule has 0 aliphatic carbocycles. The van der Waals surface area contributed by atoms with Crippen LogP contribution in [-0.2, 0) is 27.9 Å². The van der Waals surface area contributed by atoms with E-state index in [1.165, 1.54) is 0 Å². The fraction of sp³-hybridized carbons (Fsp3) is 1.00. The number of rotatable bonds is 4. The molecule has 2 aliphatic rings. The van der Waals surface area contributed by atoms with E-state index in [-0.39, 0.29) is 6.79 Å². The van der Waals surface area contributed by atoms with Crippen molar-refractivity contribution >= 4 is 14.6 Å². The van der Waals surface area contributed by atoms with Crippen LogP contribution in [0.2, 0.25) is 0 Å². The summed E-state index contributed by atoms with van der Waals surface area (Å²) >= 11 is 0. The minimum Gasteiger partial charge on any atom is -0.383 e. The van der Waals surface area contributed by atoms with Gasteiger partial charge in [0, 0.05) is 0 Å². The summed E-state index contributed by atoms with van der Waals surface area (Å²) in [7, 11) is -1.22. The van der Waals surface area contributed by atoms with Crippen LogP contribution in [0.5, 0.6) is 0 Å². The predicted molar refractivity (Wildman–Crippen MR) is 42.4 cm³/mol. The molecule has 2 fully saturated rings. The summed E-state index contributed by atoms with van der Waals surface area (Å²) in [6.07, 6.45) is 0. The molecular formula is C5H10B2O6. The molecule has 0 aromatic carbocycles. The van der Waals surface area contributed by atoms with Crippen LogP contribution < -0.4 is 0 Å². The molecular weight excluding hydrogens is 178 g/mol. The van der Waals surface area contributed by atoms with Crippen LogP contribution in [0.4, 0.5) is 0 Å². The highest BCUT2D eigenvalue weighted by molar-refractivity contribution is 6.38. The lowest BCUT2D eigenvalue weighted by Gasteiger charge is -2.07. The minimum absolute atomic E-state index is 0.0370. The second-order valence-corrected chi connectivity index (χ2v) is 2.51. The van der Waals surface area contributed by atoms with Crippen LogP contribution in [0.25, 0.3) is 0 Å². The van der Waals surface area contributed by atoms with Gasteiger partial charge in [0.25, 0.3) is 0 Å². The lowest BCUT2D eigenvalue weighted by molar-refractivity contribution is 0.0351. The summed E-state index contributed by atoms with van der Waals surface area (Å²) in [6.45, 7) is 2.26. The lowest BCUT2D eigenvalue weighted by Crippen LogP contribution is -2.26. The molecule has 0 amide bonds. The zero-order valence-corrected chi connectivity index (χ0v) is 7.14. The van der Waals surface area contributed by atoms with Gasteiger partial charge in [0.1, 0.15) is 6.79 Å². The molecule has 0 radical (unpaired) electrons. The van der Waals surface area contributed by atoms with Gasteiger partial charge in [0.15, 0.2) is 0 Å². The first-order valence-corrected chi connectivity index (χ1v) is 4.15. The predicted octanol–water partition coefficient (Wildman–Crippen LogP) is -0.960. The first-order valence-electron chi connectivity index (χ1n) is 4.15. The molecule has 72 valence electrons. The Labute approximate surface area is 76.7 Å². The molecule has 13 heavy (non-hydrogen) atoms. The fourth-order valence-electron chi connectivity index (χ4n) is 1.02. The molecule has 0 saturated carbocycles. The van der Waals surface area contributed by atoms with Crippen molar-refractivity contribution in [2.75, 3.05) is 33.2 Å². The van der Waals surface area contributed by atoms with Crippen molar-refractivity contribution in [3.63, 3.8) is 0 Å². The molecule has 0 unspecified atom stereocenters. The highest BCUT2D eigenvalue weighted by Crippen LogP contribution is 2.03. The van der Waals surface area contributed by atoms with Crippen molar-refractivity contribution in [1.82, 2.24) is 0 Å². The molecule has 8 heteroatoms.